The van der Waals surface area contributed by atoms with E-state index in [0.29, 0.717) is 17.9 Å². The number of aryl methyl sites for hydroxylation is 1. The van der Waals surface area contributed by atoms with Gasteiger partial charge in [-0.2, -0.15) is 5.10 Å². The minimum absolute atomic E-state index is 0.0903. The fraction of sp³-hybridized carbons (Fsp3) is 0.600. The van der Waals surface area contributed by atoms with Gasteiger partial charge in [0.2, 0.25) is 0 Å². The Balaban J connectivity index is 2.67. The first kappa shape index (κ1) is 12.5. The van der Waals surface area contributed by atoms with Crippen LogP contribution >= 0.6 is 0 Å². The van der Waals surface area contributed by atoms with Crippen molar-refractivity contribution in [3.8, 4) is 0 Å². The van der Waals surface area contributed by atoms with Crippen molar-refractivity contribution in [1.82, 2.24) is 19.6 Å². The summed E-state index contributed by atoms with van der Waals surface area (Å²) in [7, 11) is 7.41. The quantitative estimate of drug-likeness (QED) is 0.759. The standard InChI is InChI=1S/C10H19N5O/c1-13(2)5-6-14(3)10(16)8-7-12-15(4)9(8)11/h7H,5-6,11H2,1-4H3. The molecule has 0 radical (unpaired) electrons. The molecule has 0 spiro atoms. The number of likely N-dealkylation sites (N-methyl/N-ethyl adjacent to an activating group) is 2. The highest BCUT2D eigenvalue weighted by atomic mass is 16.2. The van der Waals surface area contributed by atoms with Crippen molar-refractivity contribution >= 4 is 11.7 Å². The van der Waals surface area contributed by atoms with Gasteiger partial charge in [0, 0.05) is 27.2 Å². The predicted molar refractivity (Wildman–Crippen MR) is 63.1 cm³/mol. The van der Waals surface area contributed by atoms with Gasteiger partial charge in [0.25, 0.3) is 5.91 Å². The largest absolute Gasteiger partial charge is 0.383 e. The van der Waals surface area contributed by atoms with E-state index < -0.39 is 0 Å². The molecular formula is C10H19N5O. The number of carbonyl (C=O) groups excluding carboxylic acids is 1. The van der Waals surface area contributed by atoms with Crippen LogP contribution in [0, 0.1) is 0 Å². The lowest BCUT2D eigenvalue weighted by Gasteiger charge is -2.19. The van der Waals surface area contributed by atoms with Crippen LogP contribution in [0.4, 0.5) is 5.82 Å². The Hall–Kier alpha value is -1.56. The Morgan fingerprint density at radius 3 is 2.50 bits per heavy atom. The van der Waals surface area contributed by atoms with E-state index in [1.165, 1.54) is 10.9 Å². The van der Waals surface area contributed by atoms with Crippen LogP contribution in [0.1, 0.15) is 10.4 Å². The molecule has 0 saturated carbocycles. The lowest BCUT2D eigenvalue weighted by molar-refractivity contribution is 0.0787. The number of nitrogen functional groups attached to an aromatic ring is 1. The van der Waals surface area contributed by atoms with Gasteiger partial charge in [-0.25, -0.2) is 0 Å². The van der Waals surface area contributed by atoms with Gasteiger partial charge in [0.1, 0.15) is 11.4 Å². The molecule has 0 fully saturated rings. The van der Waals surface area contributed by atoms with Gasteiger partial charge in [-0.15, -0.1) is 0 Å². The zero-order valence-corrected chi connectivity index (χ0v) is 10.3. The number of aromatic nitrogens is 2. The van der Waals surface area contributed by atoms with Crippen LogP contribution in [0.3, 0.4) is 0 Å². The third-order valence-electron chi connectivity index (χ3n) is 2.44. The topological polar surface area (TPSA) is 67.4 Å². The summed E-state index contributed by atoms with van der Waals surface area (Å²) in [5.74, 6) is 0.314. The van der Waals surface area contributed by atoms with Crippen LogP contribution in [-0.4, -0.2) is 59.7 Å². The van der Waals surface area contributed by atoms with E-state index in [9.17, 15) is 4.79 Å². The Kier molecular flexibility index (Phi) is 3.89. The second kappa shape index (κ2) is 4.98. The van der Waals surface area contributed by atoms with E-state index in [4.69, 9.17) is 5.73 Å². The highest BCUT2D eigenvalue weighted by Crippen LogP contribution is 2.11. The van der Waals surface area contributed by atoms with E-state index in [0.717, 1.165) is 6.54 Å². The molecule has 0 aliphatic rings. The van der Waals surface area contributed by atoms with Crippen molar-refractivity contribution in [2.75, 3.05) is 40.0 Å². The van der Waals surface area contributed by atoms with Crippen molar-refractivity contribution in [1.29, 1.82) is 0 Å². The summed E-state index contributed by atoms with van der Waals surface area (Å²) < 4.78 is 1.49. The molecule has 1 rings (SSSR count). The number of nitrogens with zero attached hydrogens (tertiary/aromatic N) is 4. The van der Waals surface area contributed by atoms with E-state index >= 15 is 0 Å². The molecule has 0 saturated heterocycles. The second-order valence-electron chi connectivity index (χ2n) is 4.10. The SMILES string of the molecule is CN(C)CCN(C)C(=O)c1cnn(C)c1N. The smallest absolute Gasteiger partial charge is 0.259 e. The van der Waals surface area contributed by atoms with Gasteiger partial charge in [-0.05, 0) is 14.1 Å². The highest BCUT2D eigenvalue weighted by molar-refractivity contribution is 5.98. The van der Waals surface area contributed by atoms with Crippen molar-refractivity contribution < 1.29 is 4.79 Å². The number of nitrogens with two attached hydrogens (primary N) is 1. The molecule has 0 aromatic carbocycles. The zero-order chi connectivity index (χ0) is 12.3. The Labute approximate surface area is 95.6 Å². The van der Waals surface area contributed by atoms with Crippen LogP contribution < -0.4 is 5.73 Å². The Bertz CT molecular complexity index is 371. The van der Waals surface area contributed by atoms with Crippen LogP contribution in [0.15, 0.2) is 6.20 Å². The van der Waals surface area contributed by atoms with E-state index in [1.54, 1.807) is 19.0 Å². The summed E-state index contributed by atoms with van der Waals surface area (Å²) in [4.78, 5) is 15.6. The predicted octanol–water partition coefficient (Wildman–Crippen LogP) is -0.364. The number of hydrogen-bond donors (Lipinski definition) is 1. The molecule has 90 valence electrons. The van der Waals surface area contributed by atoms with Crippen molar-refractivity contribution in [2.24, 2.45) is 7.05 Å². The fourth-order valence-corrected chi connectivity index (χ4v) is 1.27. The van der Waals surface area contributed by atoms with Crippen LogP contribution in [-0.2, 0) is 7.05 Å². The van der Waals surface area contributed by atoms with E-state index in [1.807, 2.05) is 19.0 Å². The molecule has 1 aromatic rings. The maximum absolute atomic E-state index is 12.0. The molecule has 16 heavy (non-hydrogen) atoms. The van der Waals surface area contributed by atoms with E-state index in [2.05, 4.69) is 5.10 Å². The van der Waals surface area contributed by atoms with Crippen LogP contribution in [0.25, 0.3) is 0 Å². The van der Waals surface area contributed by atoms with Crippen molar-refractivity contribution in [3.05, 3.63) is 11.8 Å². The zero-order valence-electron chi connectivity index (χ0n) is 10.3. The highest BCUT2D eigenvalue weighted by Gasteiger charge is 2.17. The first-order valence-corrected chi connectivity index (χ1v) is 5.11. The molecule has 6 heteroatoms. The third-order valence-corrected chi connectivity index (χ3v) is 2.44. The van der Waals surface area contributed by atoms with E-state index in [-0.39, 0.29) is 5.91 Å². The number of anilines is 1. The summed E-state index contributed by atoms with van der Waals surface area (Å²) in [6.45, 7) is 1.49. The molecule has 6 nitrogen and oxygen atoms in total. The number of rotatable bonds is 4. The summed E-state index contributed by atoms with van der Waals surface area (Å²) in [6, 6.07) is 0. The lowest BCUT2D eigenvalue weighted by atomic mass is 10.3. The first-order chi connectivity index (χ1) is 7.43. The molecule has 0 atom stereocenters. The lowest BCUT2D eigenvalue weighted by Crippen LogP contribution is -2.33. The summed E-state index contributed by atoms with van der Waals surface area (Å²) in [6.07, 6.45) is 1.50. The van der Waals surface area contributed by atoms with Crippen LogP contribution in [0.5, 0.6) is 0 Å². The normalized spacial score (nSPS) is 10.8. The first-order valence-electron chi connectivity index (χ1n) is 5.11. The van der Waals surface area contributed by atoms with Gasteiger partial charge in [-0.3, -0.25) is 9.48 Å². The monoisotopic (exact) mass is 225 g/mol. The third kappa shape index (κ3) is 2.73. The molecule has 0 unspecified atom stereocenters. The van der Waals surface area contributed by atoms with Gasteiger partial charge in [-0.1, -0.05) is 0 Å². The summed E-state index contributed by atoms with van der Waals surface area (Å²) in [5.41, 5.74) is 6.20. The summed E-state index contributed by atoms with van der Waals surface area (Å²) in [5, 5.41) is 3.95. The average molecular weight is 225 g/mol. The molecule has 0 bridgehead atoms. The molecule has 1 amide bonds. The summed E-state index contributed by atoms with van der Waals surface area (Å²) >= 11 is 0. The molecule has 0 aliphatic carbocycles. The number of hydrogen-bond acceptors (Lipinski definition) is 4. The Morgan fingerprint density at radius 2 is 2.06 bits per heavy atom. The second-order valence-corrected chi connectivity index (χ2v) is 4.10. The minimum Gasteiger partial charge on any atom is -0.383 e. The maximum atomic E-state index is 12.0. The molecular weight excluding hydrogens is 206 g/mol. The maximum Gasteiger partial charge on any atom is 0.259 e. The van der Waals surface area contributed by atoms with Gasteiger partial charge in [0.05, 0.1) is 6.20 Å². The molecule has 2 N–H and O–H groups in total. The van der Waals surface area contributed by atoms with Gasteiger partial charge < -0.3 is 15.5 Å². The minimum atomic E-state index is -0.0903. The van der Waals surface area contributed by atoms with Crippen molar-refractivity contribution in [2.45, 2.75) is 0 Å². The van der Waals surface area contributed by atoms with Crippen LogP contribution in [0.2, 0.25) is 0 Å². The number of carbonyl (C=O) groups is 1. The number of amides is 1. The Morgan fingerprint density at radius 1 is 1.44 bits per heavy atom. The fourth-order valence-electron chi connectivity index (χ4n) is 1.27. The molecule has 0 aliphatic heterocycles. The van der Waals surface area contributed by atoms with Gasteiger partial charge >= 0.3 is 0 Å². The average Bonchev–Trinajstić information content (AvgIpc) is 2.55. The molecule has 1 heterocycles. The van der Waals surface area contributed by atoms with Crippen molar-refractivity contribution in [3.63, 3.8) is 0 Å². The molecule has 1 aromatic heterocycles. The van der Waals surface area contributed by atoms with Gasteiger partial charge in [0.15, 0.2) is 0 Å².